The van der Waals surface area contributed by atoms with Crippen LogP contribution in [0.5, 0.6) is 0 Å². The van der Waals surface area contributed by atoms with E-state index in [2.05, 4.69) is 49.7 Å². The summed E-state index contributed by atoms with van der Waals surface area (Å²) in [5.41, 5.74) is 2.53. The van der Waals surface area contributed by atoms with Crippen molar-refractivity contribution in [3.05, 3.63) is 29.8 Å². The molecule has 1 aliphatic rings. The monoisotopic (exact) mass is 350 g/mol. The van der Waals surface area contributed by atoms with Crippen LogP contribution in [0.4, 0.5) is 10.5 Å². The number of nitrogens with one attached hydrogen (secondary N) is 1. The molecule has 1 amide bonds. The zero-order chi connectivity index (χ0) is 17.4. The molecule has 24 heavy (non-hydrogen) atoms. The molecular formula is C19H30N2O2S. The Kier molecular flexibility index (Phi) is 7.28. The molecule has 0 bridgehead atoms. The van der Waals surface area contributed by atoms with Gasteiger partial charge >= 0.3 is 6.09 Å². The Labute approximate surface area is 150 Å². The number of thioether (sulfide) groups is 1. The van der Waals surface area contributed by atoms with Crippen molar-refractivity contribution in [3.63, 3.8) is 0 Å². The first-order valence-electron chi connectivity index (χ1n) is 8.84. The van der Waals surface area contributed by atoms with E-state index in [0.717, 1.165) is 50.2 Å². The minimum Gasteiger partial charge on any atom is -0.449 e. The molecule has 0 unspecified atom stereocenters. The molecule has 0 radical (unpaired) electrons. The molecule has 0 aromatic heterocycles. The number of unbranched alkanes of at least 4 members (excludes halogenated alkanes) is 1. The molecular weight excluding hydrogens is 320 g/mol. The standard InChI is InChI=1S/C19H30N2O2S/c1-4-5-14-23-18(22)21-12-10-19(2,11-13-21)20-17-8-6-16(7-9-17)15-24-3/h6-9,20H,4-5,10-15H2,1-3H3. The number of piperidine rings is 1. The summed E-state index contributed by atoms with van der Waals surface area (Å²) in [6, 6.07) is 8.68. The van der Waals surface area contributed by atoms with Gasteiger partial charge in [-0.15, -0.1) is 0 Å². The van der Waals surface area contributed by atoms with Crippen LogP contribution >= 0.6 is 11.8 Å². The Morgan fingerprint density at radius 3 is 2.54 bits per heavy atom. The van der Waals surface area contributed by atoms with Gasteiger partial charge in [-0.05, 0) is 50.1 Å². The number of ether oxygens (including phenoxy) is 1. The lowest BCUT2D eigenvalue weighted by atomic mass is 9.89. The summed E-state index contributed by atoms with van der Waals surface area (Å²) in [6.07, 6.45) is 5.81. The highest BCUT2D eigenvalue weighted by Gasteiger charge is 2.32. The molecule has 2 rings (SSSR count). The lowest BCUT2D eigenvalue weighted by Crippen LogP contribution is -2.49. The van der Waals surface area contributed by atoms with E-state index in [9.17, 15) is 4.79 Å². The molecule has 1 saturated heterocycles. The highest BCUT2D eigenvalue weighted by molar-refractivity contribution is 7.97. The molecule has 1 heterocycles. The van der Waals surface area contributed by atoms with Gasteiger partial charge in [0.1, 0.15) is 0 Å². The average molecular weight is 351 g/mol. The second-order valence-corrected chi connectivity index (χ2v) is 7.64. The third kappa shape index (κ3) is 5.62. The summed E-state index contributed by atoms with van der Waals surface area (Å²) in [7, 11) is 0. The molecule has 0 atom stereocenters. The van der Waals surface area contributed by atoms with E-state index < -0.39 is 0 Å². The van der Waals surface area contributed by atoms with Crippen molar-refractivity contribution in [2.24, 2.45) is 0 Å². The van der Waals surface area contributed by atoms with Gasteiger partial charge in [0.15, 0.2) is 0 Å². The molecule has 134 valence electrons. The van der Waals surface area contributed by atoms with Gasteiger partial charge in [0.25, 0.3) is 0 Å². The maximum Gasteiger partial charge on any atom is 0.409 e. The number of carbonyl (C=O) groups is 1. The fourth-order valence-electron chi connectivity index (χ4n) is 2.90. The van der Waals surface area contributed by atoms with E-state index in [4.69, 9.17) is 4.74 Å². The summed E-state index contributed by atoms with van der Waals surface area (Å²) >= 11 is 1.84. The average Bonchev–Trinajstić information content (AvgIpc) is 2.57. The van der Waals surface area contributed by atoms with Crippen LogP contribution in [0.15, 0.2) is 24.3 Å². The van der Waals surface area contributed by atoms with Crippen LogP contribution in [-0.4, -0.2) is 42.5 Å². The second-order valence-electron chi connectivity index (χ2n) is 6.77. The number of anilines is 1. The summed E-state index contributed by atoms with van der Waals surface area (Å²) in [5, 5.41) is 3.65. The third-order valence-corrected chi connectivity index (χ3v) is 5.18. The second kappa shape index (κ2) is 9.21. The molecule has 1 aromatic rings. The number of benzene rings is 1. The molecule has 0 saturated carbocycles. The van der Waals surface area contributed by atoms with Crippen molar-refractivity contribution < 1.29 is 9.53 Å². The molecule has 1 aliphatic heterocycles. The first kappa shape index (κ1) is 19.0. The van der Waals surface area contributed by atoms with Crippen LogP contribution in [0.25, 0.3) is 0 Å². The fraction of sp³-hybridized carbons (Fsp3) is 0.632. The fourth-order valence-corrected chi connectivity index (χ4v) is 3.43. The highest BCUT2D eigenvalue weighted by atomic mass is 32.2. The minimum absolute atomic E-state index is 0.0290. The predicted molar refractivity (Wildman–Crippen MR) is 103 cm³/mol. The van der Waals surface area contributed by atoms with E-state index in [-0.39, 0.29) is 11.6 Å². The van der Waals surface area contributed by atoms with Crippen molar-refractivity contribution in [1.82, 2.24) is 4.90 Å². The number of hydrogen-bond donors (Lipinski definition) is 1. The van der Waals surface area contributed by atoms with Crippen LogP contribution in [0, 0.1) is 0 Å². The number of nitrogens with zero attached hydrogens (tertiary/aromatic N) is 1. The summed E-state index contributed by atoms with van der Waals surface area (Å²) in [5.74, 6) is 1.05. The largest absolute Gasteiger partial charge is 0.449 e. The first-order valence-corrected chi connectivity index (χ1v) is 10.2. The van der Waals surface area contributed by atoms with Crippen molar-refractivity contribution in [2.75, 3.05) is 31.3 Å². The smallest absolute Gasteiger partial charge is 0.409 e. The number of amides is 1. The summed E-state index contributed by atoms with van der Waals surface area (Å²) in [4.78, 5) is 13.9. The summed E-state index contributed by atoms with van der Waals surface area (Å²) < 4.78 is 5.31. The van der Waals surface area contributed by atoms with Gasteiger partial charge in [-0.25, -0.2) is 4.79 Å². The van der Waals surface area contributed by atoms with E-state index >= 15 is 0 Å². The lowest BCUT2D eigenvalue weighted by molar-refractivity contribution is 0.0865. The molecule has 1 N–H and O–H groups in total. The van der Waals surface area contributed by atoms with E-state index in [1.54, 1.807) is 0 Å². The Morgan fingerprint density at radius 2 is 1.96 bits per heavy atom. The van der Waals surface area contributed by atoms with Crippen molar-refractivity contribution in [2.45, 2.75) is 50.8 Å². The van der Waals surface area contributed by atoms with Crippen LogP contribution in [-0.2, 0) is 10.5 Å². The van der Waals surface area contributed by atoms with Crippen LogP contribution in [0.2, 0.25) is 0 Å². The van der Waals surface area contributed by atoms with Crippen molar-refractivity contribution in [3.8, 4) is 0 Å². The quantitative estimate of drug-likeness (QED) is 0.720. The normalized spacial score (nSPS) is 16.7. The van der Waals surface area contributed by atoms with Crippen LogP contribution < -0.4 is 5.32 Å². The zero-order valence-corrected chi connectivity index (χ0v) is 16.0. The zero-order valence-electron chi connectivity index (χ0n) is 15.1. The molecule has 5 heteroatoms. The van der Waals surface area contributed by atoms with Gasteiger partial charge in [-0.3, -0.25) is 0 Å². The summed E-state index contributed by atoms with van der Waals surface area (Å²) in [6.45, 7) is 6.36. The molecule has 4 nitrogen and oxygen atoms in total. The maximum absolute atomic E-state index is 12.0. The van der Waals surface area contributed by atoms with Gasteiger partial charge in [0.05, 0.1) is 6.61 Å². The Hall–Kier alpha value is -1.36. The molecule has 1 aromatic carbocycles. The maximum atomic E-state index is 12.0. The van der Waals surface area contributed by atoms with Crippen molar-refractivity contribution in [1.29, 1.82) is 0 Å². The van der Waals surface area contributed by atoms with Crippen LogP contribution in [0.3, 0.4) is 0 Å². The van der Waals surface area contributed by atoms with E-state index in [0.29, 0.717) is 6.61 Å². The first-order chi connectivity index (χ1) is 11.6. The number of rotatable bonds is 7. The topological polar surface area (TPSA) is 41.6 Å². The molecule has 1 fully saturated rings. The predicted octanol–water partition coefficient (Wildman–Crippen LogP) is 4.75. The Balaban J connectivity index is 1.82. The van der Waals surface area contributed by atoms with Gasteiger partial charge in [-0.2, -0.15) is 11.8 Å². The number of likely N-dealkylation sites (tertiary alicyclic amines) is 1. The highest BCUT2D eigenvalue weighted by Crippen LogP contribution is 2.27. The van der Waals surface area contributed by atoms with Crippen molar-refractivity contribution >= 4 is 23.5 Å². The van der Waals surface area contributed by atoms with Crippen LogP contribution in [0.1, 0.15) is 45.1 Å². The lowest BCUT2D eigenvalue weighted by Gasteiger charge is -2.40. The van der Waals surface area contributed by atoms with Gasteiger partial charge < -0.3 is 15.0 Å². The number of carbonyl (C=O) groups excluding carboxylic acids is 1. The molecule has 0 spiro atoms. The number of hydrogen-bond acceptors (Lipinski definition) is 4. The molecule has 0 aliphatic carbocycles. The minimum atomic E-state index is -0.160. The Morgan fingerprint density at radius 1 is 1.29 bits per heavy atom. The SMILES string of the molecule is CCCCOC(=O)N1CCC(C)(Nc2ccc(CSC)cc2)CC1. The van der Waals surface area contributed by atoms with E-state index in [1.807, 2.05) is 16.7 Å². The van der Waals surface area contributed by atoms with Gasteiger partial charge in [0, 0.05) is 30.1 Å². The third-order valence-electron chi connectivity index (χ3n) is 4.56. The Bertz CT molecular complexity index is 511. The van der Waals surface area contributed by atoms with Gasteiger partial charge in [0.2, 0.25) is 0 Å². The van der Waals surface area contributed by atoms with Gasteiger partial charge in [-0.1, -0.05) is 25.5 Å². The van der Waals surface area contributed by atoms with E-state index in [1.165, 1.54) is 5.56 Å².